The summed E-state index contributed by atoms with van der Waals surface area (Å²) in [7, 11) is 1.54. The molecule has 1 aromatic heterocycles. The Labute approximate surface area is 102 Å². The highest BCUT2D eigenvalue weighted by Gasteiger charge is 2.13. The first-order valence-electron chi connectivity index (χ1n) is 4.58. The molecule has 1 heterocycles. The van der Waals surface area contributed by atoms with Gasteiger partial charge in [-0.25, -0.2) is 9.37 Å². The highest BCUT2D eigenvalue weighted by atomic mass is 35.5. The van der Waals surface area contributed by atoms with E-state index in [9.17, 15) is 4.39 Å². The molecule has 0 atom stereocenters. The predicted molar refractivity (Wildman–Crippen MR) is 63.8 cm³/mol. The maximum absolute atomic E-state index is 13.2. The summed E-state index contributed by atoms with van der Waals surface area (Å²) in [5.41, 5.74) is 1.37. The maximum atomic E-state index is 13.2. The summed E-state index contributed by atoms with van der Waals surface area (Å²) < 4.78 is 18.9. The largest absolute Gasteiger partial charge is 0.496 e. The highest BCUT2D eigenvalue weighted by Crippen LogP contribution is 2.36. The normalized spacial score (nSPS) is 10.5. The summed E-state index contributed by atoms with van der Waals surface area (Å²) >= 11 is 7.25. The van der Waals surface area contributed by atoms with Gasteiger partial charge in [0.2, 0.25) is 0 Å². The van der Waals surface area contributed by atoms with Gasteiger partial charge in [-0.15, -0.1) is 11.3 Å². The SMILES string of the molecule is COc1ccc(F)cc1-c1nc(C)c(Cl)s1. The Kier molecular flexibility index (Phi) is 3.12. The van der Waals surface area contributed by atoms with Crippen LogP contribution in [0.5, 0.6) is 5.75 Å². The minimum Gasteiger partial charge on any atom is -0.496 e. The number of halogens is 2. The molecule has 16 heavy (non-hydrogen) atoms. The molecule has 0 N–H and O–H groups in total. The van der Waals surface area contributed by atoms with E-state index >= 15 is 0 Å². The van der Waals surface area contributed by atoms with Crippen molar-refractivity contribution < 1.29 is 9.13 Å². The van der Waals surface area contributed by atoms with Gasteiger partial charge in [-0.3, -0.25) is 0 Å². The van der Waals surface area contributed by atoms with E-state index in [0.717, 1.165) is 5.69 Å². The molecule has 0 radical (unpaired) electrons. The minimum absolute atomic E-state index is 0.320. The zero-order valence-electron chi connectivity index (χ0n) is 8.75. The molecule has 0 unspecified atom stereocenters. The number of thiazole rings is 1. The van der Waals surface area contributed by atoms with Crippen molar-refractivity contribution in [3.8, 4) is 16.3 Å². The Balaban J connectivity index is 2.57. The molecule has 2 aromatic rings. The predicted octanol–water partition coefficient (Wildman–Crippen LogP) is 3.92. The molecule has 0 saturated carbocycles. The summed E-state index contributed by atoms with van der Waals surface area (Å²) in [6, 6.07) is 4.33. The second-order valence-corrected chi connectivity index (χ2v) is 4.82. The Morgan fingerprint density at radius 2 is 2.19 bits per heavy atom. The first-order chi connectivity index (χ1) is 7.61. The molecule has 0 spiro atoms. The summed E-state index contributed by atoms with van der Waals surface area (Å²) in [6.07, 6.45) is 0. The number of benzene rings is 1. The molecule has 0 amide bonds. The molecule has 0 saturated heterocycles. The van der Waals surface area contributed by atoms with E-state index in [1.807, 2.05) is 6.92 Å². The van der Waals surface area contributed by atoms with E-state index in [0.29, 0.717) is 20.7 Å². The highest BCUT2D eigenvalue weighted by molar-refractivity contribution is 7.19. The monoisotopic (exact) mass is 257 g/mol. The third-order valence-electron chi connectivity index (χ3n) is 2.13. The molecule has 0 aliphatic heterocycles. The van der Waals surface area contributed by atoms with Gasteiger partial charge in [0.05, 0.1) is 18.4 Å². The van der Waals surface area contributed by atoms with Gasteiger partial charge in [-0.05, 0) is 25.1 Å². The number of methoxy groups -OCH3 is 1. The van der Waals surface area contributed by atoms with Crippen molar-refractivity contribution in [1.29, 1.82) is 0 Å². The van der Waals surface area contributed by atoms with E-state index < -0.39 is 0 Å². The third-order valence-corrected chi connectivity index (χ3v) is 3.62. The number of nitrogens with zero attached hydrogens (tertiary/aromatic N) is 1. The second-order valence-electron chi connectivity index (χ2n) is 3.22. The topological polar surface area (TPSA) is 22.1 Å². The fourth-order valence-corrected chi connectivity index (χ4v) is 2.42. The number of aryl methyl sites for hydroxylation is 1. The van der Waals surface area contributed by atoms with Crippen molar-refractivity contribution >= 4 is 22.9 Å². The zero-order valence-corrected chi connectivity index (χ0v) is 10.3. The molecule has 0 aliphatic carbocycles. The fraction of sp³-hybridized carbons (Fsp3) is 0.182. The van der Waals surface area contributed by atoms with Crippen LogP contribution in [-0.4, -0.2) is 12.1 Å². The van der Waals surface area contributed by atoms with Crippen molar-refractivity contribution in [3.05, 3.63) is 34.0 Å². The van der Waals surface area contributed by atoms with Crippen molar-refractivity contribution in [1.82, 2.24) is 4.98 Å². The van der Waals surface area contributed by atoms with Gasteiger partial charge in [0, 0.05) is 0 Å². The van der Waals surface area contributed by atoms with Crippen LogP contribution in [0.1, 0.15) is 5.69 Å². The van der Waals surface area contributed by atoms with Crippen LogP contribution >= 0.6 is 22.9 Å². The molecule has 0 fully saturated rings. The minimum atomic E-state index is -0.320. The van der Waals surface area contributed by atoms with Gasteiger partial charge in [-0.2, -0.15) is 0 Å². The first-order valence-corrected chi connectivity index (χ1v) is 5.78. The lowest BCUT2D eigenvalue weighted by molar-refractivity contribution is 0.415. The van der Waals surface area contributed by atoms with E-state index in [1.54, 1.807) is 13.2 Å². The van der Waals surface area contributed by atoms with E-state index in [4.69, 9.17) is 16.3 Å². The van der Waals surface area contributed by atoms with Crippen LogP contribution in [0, 0.1) is 12.7 Å². The summed E-state index contributed by atoms with van der Waals surface area (Å²) in [6.45, 7) is 1.81. The van der Waals surface area contributed by atoms with Gasteiger partial charge in [0.15, 0.2) is 0 Å². The molecular formula is C11H9ClFNOS. The smallest absolute Gasteiger partial charge is 0.129 e. The van der Waals surface area contributed by atoms with Crippen molar-refractivity contribution in [3.63, 3.8) is 0 Å². The lowest BCUT2D eigenvalue weighted by atomic mass is 10.2. The van der Waals surface area contributed by atoms with E-state index in [1.165, 1.54) is 23.5 Å². The molecule has 2 nitrogen and oxygen atoms in total. The molecule has 0 bridgehead atoms. The first kappa shape index (κ1) is 11.4. The van der Waals surface area contributed by atoms with Gasteiger partial charge in [-0.1, -0.05) is 11.6 Å². The van der Waals surface area contributed by atoms with Crippen molar-refractivity contribution in [2.24, 2.45) is 0 Å². The average molecular weight is 258 g/mol. The molecule has 0 aliphatic rings. The van der Waals surface area contributed by atoms with Crippen LogP contribution in [0.25, 0.3) is 10.6 Å². The maximum Gasteiger partial charge on any atom is 0.129 e. The fourth-order valence-electron chi connectivity index (χ4n) is 1.34. The quantitative estimate of drug-likeness (QED) is 0.814. The van der Waals surface area contributed by atoms with Gasteiger partial charge in [0.25, 0.3) is 0 Å². The Morgan fingerprint density at radius 1 is 1.44 bits per heavy atom. The van der Waals surface area contributed by atoms with Crippen molar-refractivity contribution in [2.45, 2.75) is 6.92 Å². The van der Waals surface area contributed by atoms with Gasteiger partial charge < -0.3 is 4.74 Å². The van der Waals surface area contributed by atoms with Crippen LogP contribution in [0.15, 0.2) is 18.2 Å². The summed E-state index contributed by atoms with van der Waals surface area (Å²) in [4.78, 5) is 4.27. The summed E-state index contributed by atoms with van der Waals surface area (Å²) in [5.74, 6) is 0.270. The van der Waals surface area contributed by atoms with Crippen LogP contribution in [0.4, 0.5) is 4.39 Å². The van der Waals surface area contributed by atoms with Crippen LogP contribution in [-0.2, 0) is 0 Å². The molecular weight excluding hydrogens is 249 g/mol. The van der Waals surface area contributed by atoms with Crippen LogP contribution < -0.4 is 4.74 Å². The molecule has 1 aromatic carbocycles. The Bertz CT molecular complexity index is 507. The lowest BCUT2D eigenvalue weighted by Gasteiger charge is -2.05. The van der Waals surface area contributed by atoms with E-state index in [-0.39, 0.29) is 5.82 Å². The second kappa shape index (κ2) is 4.39. The Hall–Kier alpha value is -1.13. The van der Waals surface area contributed by atoms with E-state index in [2.05, 4.69) is 4.98 Å². The van der Waals surface area contributed by atoms with Crippen LogP contribution in [0.2, 0.25) is 4.34 Å². The number of aromatic nitrogens is 1. The average Bonchev–Trinajstić information content (AvgIpc) is 2.59. The number of ether oxygens (including phenoxy) is 1. The molecule has 5 heteroatoms. The van der Waals surface area contributed by atoms with Crippen LogP contribution in [0.3, 0.4) is 0 Å². The number of hydrogen-bond acceptors (Lipinski definition) is 3. The summed E-state index contributed by atoms with van der Waals surface area (Å²) in [5, 5.41) is 0.666. The van der Waals surface area contributed by atoms with Crippen molar-refractivity contribution in [2.75, 3.05) is 7.11 Å². The number of hydrogen-bond donors (Lipinski definition) is 0. The zero-order chi connectivity index (χ0) is 11.7. The molecule has 84 valence electrons. The molecule has 2 rings (SSSR count). The van der Waals surface area contributed by atoms with Gasteiger partial charge in [0.1, 0.15) is 20.9 Å². The third kappa shape index (κ3) is 2.03. The Morgan fingerprint density at radius 3 is 2.75 bits per heavy atom. The van der Waals surface area contributed by atoms with Gasteiger partial charge >= 0.3 is 0 Å². The standard InChI is InChI=1S/C11H9ClFNOS/c1-6-10(12)16-11(14-6)8-5-7(13)3-4-9(8)15-2/h3-5H,1-2H3. The number of rotatable bonds is 2. The lowest BCUT2D eigenvalue weighted by Crippen LogP contribution is -1.88.